The van der Waals surface area contributed by atoms with Crippen LogP contribution in [0.2, 0.25) is 0 Å². The third kappa shape index (κ3) is 4.63. The molecule has 0 aromatic carbocycles. The van der Waals surface area contributed by atoms with Gasteiger partial charge in [-0.2, -0.15) is 0 Å². The lowest BCUT2D eigenvalue weighted by Gasteiger charge is -2.27. The van der Waals surface area contributed by atoms with Crippen molar-refractivity contribution in [2.24, 2.45) is 16.3 Å². The highest BCUT2D eigenvalue weighted by Gasteiger charge is 2.34. The molecule has 112 valence electrons. The van der Waals surface area contributed by atoms with Gasteiger partial charge in [0, 0.05) is 32.1 Å². The molecule has 0 radical (unpaired) electrons. The molecule has 1 rings (SSSR count). The van der Waals surface area contributed by atoms with Gasteiger partial charge in [0.15, 0.2) is 0 Å². The van der Waals surface area contributed by atoms with Gasteiger partial charge in [-0.3, -0.25) is 0 Å². The minimum absolute atomic E-state index is 0.166. The van der Waals surface area contributed by atoms with Crippen LogP contribution in [0, 0.1) is 5.41 Å². The van der Waals surface area contributed by atoms with Crippen LogP contribution in [0.15, 0.2) is 5.16 Å². The number of methoxy groups -OCH3 is 1. The zero-order chi connectivity index (χ0) is 14.4. The quantitative estimate of drug-likeness (QED) is 0.201. The van der Waals surface area contributed by atoms with E-state index in [0.29, 0.717) is 6.61 Å². The lowest BCUT2D eigenvalue weighted by molar-refractivity contribution is -0.0156. The van der Waals surface area contributed by atoms with E-state index in [1.807, 2.05) is 13.8 Å². The predicted octanol–water partition coefficient (Wildman–Crippen LogP) is 0.934. The molecule has 19 heavy (non-hydrogen) atoms. The standard InChI is InChI=1S/C13H27N3O3/c1-12(2,11(14)16-17)5-4-7-15-9-13(18-3)6-8-19-10-13/h15,17H,4-10H2,1-3H3,(H2,14,16). The summed E-state index contributed by atoms with van der Waals surface area (Å²) in [5.74, 6) is 0.282. The Morgan fingerprint density at radius 3 is 2.84 bits per heavy atom. The number of ether oxygens (including phenoxy) is 2. The molecule has 1 fully saturated rings. The molecule has 4 N–H and O–H groups in total. The second-order valence-electron chi connectivity index (χ2n) is 5.84. The number of nitrogens with one attached hydrogen (secondary N) is 1. The molecule has 1 atom stereocenters. The largest absolute Gasteiger partial charge is 0.409 e. The van der Waals surface area contributed by atoms with Crippen LogP contribution < -0.4 is 11.1 Å². The lowest BCUT2D eigenvalue weighted by atomic mass is 9.86. The monoisotopic (exact) mass is 273 g/mol. The molecule has 0 aliphatic carbocycles. The average Bonchev–Trinajstić information content (AvgIpc) is 2.86. The number of hydrogen-bond acceptors (Lipinski definition) is 5. The second-order valence-corrected chi connectivity index (χ2v) is 5.84. The Hall–Kier alpha value is -0.850. The summed E-state index contributed by atoms with van der Waals surface area (Å²) in [5.41, 5.74) is 5.21. The first-order valence-electron chi connectivity index (χ1n) is 6.77. The van der Waals surface area contributed by atoms with E-state index in [9.17, 15) is 0 Å². The fourth-order valence-corrected chi connectivity index (χ4v) is 2.20. The van der Waals surface area contributed by atoms with Gasteiger partial charge in [-0.05, 0) is 19.4 Å². The Bertz CT molecular complexity index is 300. The van der Waals surface area contributed by atoms with E-state index >= 15 is 0 Å². The summed E-state index contributed by atoms with van der Waals surface area (Å²) in [4.78, 5) is 0. The van der Waals surface area contributed by atoms with Crippen LogP contribution in [0.5, 0.6) is 0 Å². The molecular weight excluding hydrogens is 246 g/mol. The molecule has 0 spiro atoms. The second kappa shape index (κ2) is 7.07. The third-order valence-electron chi connectivity index (χ3n) is 3.90. The molecule has 1 saturated heterocycles. The van der Waals surface area contributed by atoms with E-state index in [1.54, 1.807) is 7.11 Å². The highest BCUT2D eigenvalue weighted by atomic mass is 16.5. The topological polar surface area (TPSA) is 89.1 Å². The number of nitrogens with zero attached hydrogens (tertiary/aromatic N) is 1. The average molecular weight is 273 g/mol. The van der Waals surface area contributed by atoms with Crippen molar-refractivity contribution in [3.05, 3.63) is 0 Å². The summed E-state index contributed by atoms with van der Waals surface area (Å²) in [6.07, 6.45) is 2.77. The van der Waals surface area contributed by atoms with Gasteiger partial charge in [-0.25, -0.2) is 0 Å². The van der Waals surface area contributed by atoms with Crippen molar-refractivity contribution < 1.29 is 14.7 Å². The van der Waals surface area contributed by atoms with Crippen LogP contribution in [-0.4, -0.2) is 50.1 Å². The highest BCUT2D eigenvalue weighted by Crippen LogP contribution is 2.23. The van der Waals surface area contributed by atoms with Crippen LogP contribution in [-0.2, 0) is 9.47 Å². The fraction of sp³-hybridized carbons (Fsp3) is 0.923. The SMILES string of the molecule is COC1(CNCCCC(C)(C)C(N)=NO)CCOC1. The Morgan fingerprint density at radius 2 is 2.32 bits per heavy atom. The van der Waals surface area contributed by atoms with E-state index in [-0.39, 0.29) is 16.9 Å². The smallest absolute Gasteiger partial charge is 0.144 e. The van der Waals surface area contributed by atoms with Crippen LogP contribution in [0.1, 0.15) is 33.1 Å². The lowest BCUT2D eigenvalue weighted by Crippen LogP contribution is -2.43. The van der Waals surface area contributed by atoms with Gasteiger partial charge in [0.1, 0.15) is 11.4 Å². The van der Waals surface area contributed by atoms with Gasteiger partial charge in [0.2, 0.25) is 0 Å². The van der Waals surface area contributed by atoms with Crippen molar-refractivity contribution in [3.8, 4) is 0 Å². The third-order valence-corrected chi connectivity index (χ3v) is 3.90. The summed E-state index contributed by atoms with van der Waals surface area (Å²) in [6, 6.07) is 0. The van der Waals surface area contributed by atoms with Crippen molar-refractivity contribution in [2.45, 2.75) is 38.7 Å². The number of nitrogens with two attached hydrogens (primary N) is 1. The Labute approximate surface area is 115 Å². The molecule has 0 bridgehead atoms. The molecule has 0 aromatic rings. The Kier molecular flexibility index (Phi) is 6.03. The maximum Gasteiger partial charge on any atom is 0.144 e. The predicted molar refractivity (Wildman–Crippen MR) is 74.5 cm³/mol. The maximum atomic E-state index is 8.70. The van der Waals surface area contributed by atoms with E-state index in [0.717, 1.165) is 39.0 Å². The molecule has 1 heterocycles. The first-order chi connectivity index (χ1) is 8.96. The van der Waals surface area contributed by atoms with Crippen LogP contribution in [0.4, 0.5) is 0 Å². The van der Waals surface area contributed by atoms with Gasteiger partial charge in [-0.15, -0.1) is 0 Å². The van der Waals surface area contributed by atoms with Crippen LogP contribution in [0.25, 0.3) is 0 Å². The molecule has 0 aromatic heterocycles. The van der Waals surface area contributed by atoms with E-state index in [2.05, 4.69) is 10.5 Å². The molecule has 0 amide bonds. The normalized spacial score (nSPS) is 24.9. The van der Waals surface area contributed by atoms with E-state index in [4.69, 9.17) is 20.4 Å². The van der Waals surface area contributed by atoms with Crippen molar-refractivity contribution >= 4 is 5.84 Å². The molecular formula is C13H27N3O3. The Morgan fingerprint density at radius 1 is 1.58 bits per heavy atom. The number of rotatable bonds is 8. The molecule has 0 saturated carbocycles. The summed E-state index contributed by atoms with van der Waals surface area (Å²) < 4.78 is 10.9. The van der Waals surface area contributed by atoms with Gasteiger partial charge in [0.25, 0.3) is 0 Å². The van der Waals surface area contributed by atoms with Gasteiger partial charge >= 0.3 is 0 Å². The first kappa shape index (κ1) is 16.2. The van der Waals surface area contributed by atoms with Gasteiger partial charge < -0.3 is 25.7 Å². The number of hydrogen-bond donors (Lipinski definition) is 3. The van der Waals surface area contributed by atoms with Crippen molar-refractivity contribution in [1.29, 1.82) is 0 Å². The molecule has 6 nitrogen and oxygen atoms in total. The van der Waals surface area contributed by atoms with Crippen LogP contribution >= 0.6 is 0 Å². The number of amidine groups is 1. The van der Waals surface area contributed by atoms with E-state index in [1.165, 1.54) is 0 Å². The summed E-state index contributed by atoms with van der Waals surface area (Å²) >= 11 is 0. The van der Waals surface area contributed by atoms with Gasteiger partial charge in [0.05, 0.1) is 6.61 Å². The van der Waals surface area contributed by atoms with Crippen molar-refractivity contribution in [3.63, 3.8) is 0 Å². The van der Waals surface area contributed by atoms with Crippen molar-refractivity contribution in [1.82, 2.24) is 5.32 Å². The van der Waals surface area contributed by atoms with Crippen molar-refractivity contribution in [2.75, 3.05) is 33.4 Å². The maximum absolute atomic E-state index is 8.70. The fourth-order valence-electron chi connectivity index (χ4n) is 2.20. The van der Waals surface area contributed by atoms with E-state index < -0.39 is 0 Å². The molecule has 1 unspecified atom stereocenters. The molecule has 1 aliphatic heterocycles. The first-order valence-corrected chi connectivity index (χ1v) is 6.77. The summed E-state index contributed by atoms with van der Waals surface area (Å²) in [5, 5.41) is 15.2. The summed E-state index contributed by atoms with van der Waals surface area (Å²) in [7, 11) is 1.73. The van der Waals surface area contributed by atoms with Gasteiger partial charge in [-0.1, -0.05) is 19.0 Å². The minimum atomic E-state index is -0.272. The zero-order valence-electron chi connectivity index (χ0n) is 12.2. The highest BCUT2D eigenvalue weighted by molar-refractivity contribution is 5.85. The number of oxime groups is 1. The zero-order valence-corrected chi connectivity index (χ0v) is 12.2. The molecule has 6 heteroatoms. The molecule has 1 aliphatic rings. The van der Waals surface area contributed by atoms with Crippen LogP contribution in [0.3, 0.4) is 0 Å². The minimum Gasteiger partial charge on any atom is -0.409 e. The summed E-state index contributed by atoms with van der Waals surface area (Å²) in [6.45, 7) is 7.06. The Balaban J connectivity index is 2.21.